The van der Waals surface area contributed by atoms with Gasteiger partial charge in [0.15, 0.2) is 5.76 Å². The number of carbonyl (C=O) groups is 1. The number of pyridine rings is 1. The summed E-state index contributed by atoms with van der Waals surface area (Å²) in [6.07, 6.45) is 3.05. The molecule has 1 N–H and O–H groups in total. The topological polar surface area (TPSA) is 125 Å². The summed E-state index contributed by atoms with van der Waals surface area (Å²) in [6, 6.07) is 10.5. The lowest BCUT2D eigenvalue weighted by Gasteiger charge is -2.08. The average molecular weight is 468 g/mol. The molecule has 0 aliphatic carbocycles. The zero-order valence-corrected chi connectivity index (χ0v) is 18.4. The van der Waals surface area contributed by atoms with Gasteiger partial charge >= 0.3 is 0 Å². The van der Waals surface area contributed by atoms with Crippen LogP contribution in [0.5, 0.6) is 11.5 Å². The summed E-state index contributed by atoms with van der Waals surface area (Å²) < 4.78 is 12.9. The largest absolute Gasteiger partial charge is 0.455 e. The van der Waals surface area contributed by atoms with Crippen molar-refractivity contribution in [1.29, 1.82) is 0 Å². The summed E-state index contributed by atoms with van der Waals surface area (Å²) in [7, 11) is 0. The minimum absolute atomic E-state index is 0.0406. The van der Waals surface area contributed by atoms with E-state index in [0.717, 1.165) is 5.69 Å². The van der Waals surface area contributed by atoms with Gasteiger partial charge in [-0.2, -0.15) is 5.10 Å². The molecule has 10 nitrogen and oxygen atoms in total. The molecule has 1 amide bonds. The van der Waals surface area contributed by atoms with Crippen molar-refractivity contribution in [1.82, 2.24) is 14.8 Å². The van der Waals surface area contributed by atoms with E-state index >= 15 is 0 Å². The van der Waals surface area contributed by atoms with Crippen molar-refractivity contribution < 1.29 is 18.9 Å². The minimum Gasteiger partial charge on any atom is -0.455 e. The smallest absolute Gasteiger partial charge is 0.291 e. The van der Waals surface area contributed by atoms with Gasteiger partial charge in [0.2, 0.25) is 0 Å². The Hall–Kier alpha value is -4.18. The fourth-order valence-electron chi connectivity index (χ4n) is 3.12. The second kappa shape index (κ2) is 9.13. The third-order valence-corrected chi connectivity index (χ3v) is 5.26. The number of nitro groups is 1. The van der Waals surface area contributed by atoms with Crippen LogP contribution < -0.4 is 10.1 Å². The molecule has 0 bridgehead atoms. The number of non-ortho nitro benzene ring substituents is 1. The number of ether oxygens (including phenoxy) is 1. The second-order valence-corrected chi connectivity index (χ2v) is 7.50. The first-order valence-corrected chi connectivity index (χ1v) is 10.1. The van der Waals surface area contributed by atoms with Gasteiger partial charge in [0.25, 0.3) is 11.6 Å². The minimum atomic E-state index is -0.573. The van der Waals surface area contributed by atoms with Crippen molar-refractivity contribution >= 4 is 28.9 Å². The zero-order valence-electron chi connectivity index (χ0n) is 17.6. The van der Waals surface area contributed by atoms with E-state index in [1.165, 1.54) is 30.5 Å². The molecular weight excluding hydrogens is 450 g/mol. The number of rotatable bonds is 7. The number of benzene rings is 1. The number of furan rings is 1. The van der Waals surface area contributed by atoms with Crippen LogP contribution in [-0.2, 0) is 6.54 Å². The van der Waals surface area contributed by atoms with Crippen molar-refractivity contribution in [2.45, 2.75) is 20.4 Å². The van der Waals surface area contributed by atoms with Gasteiger partial charge in [-0.3, -0.25) is 24.6 Å². The van der Waals surface area contributed by atoms with Crippen molar-refractivity contribution in [2.24, 2.45) is 0 Å². The van der Waals surface area contributed by atoms with Crippen LogP contribution in [-0.4, -0.2) is 25.6 Å². The molecule has 0 unspecified atom stereocenters. The average Bonchev–Trinajstić information content (AvgIpc) is 3.35. The van der Waals surface area contributed by atoms with Crippen LogP contribution in [0, 0.1) is 24.0 Å². The Morgan fingerprint density at radius 3 is 2.73 bits per heavy atom. The molecule has 0 aliphatic rings. The molecule has 3 heterocycles. The molecular formula is C22H18ClN5O5. The maximum absolute atomic E-state index is 12.7. The summed E-state index contributed by atoms with van der Waals surface area (Å²) in [5.41, 5.74) is 1.42. The van der Waals surface area contributed by atoms with E-state index in [1.807, 2.05) is 6.92 Å². The predicted molar refractivity (Wildman–Crippen MR) is 120 cm³/mol. The highest BCUT2D eigenvalue weighted by Gasteiger charge is 2.17. The van der Waals surface area contributed by atoms with Gasteiger partial charge in [-0.25, -0.2) is 0 Å². The standard InChI is InChI=1S/C22H18ClN5O5/c1-13-21(23)14(2)27(26-13)12-18-5-6-20(33-18)22(29)25-15-8-16(28(30)31)10-19(9-15)32-17-4-3-7-24-11-17/h3-11H,12H2,1-2H3,(H,25,29). The van der Waals surface area contributed by atoms with E-state index in [-0.39, 0.29) is 22.9 Å². The number of anilines is 1. The third-order valence-electron chi connectivity index (χ3n) is 4.71. The Bertz CT molecular complexity index is 1330. The Labute approximate surface area is 192 Å². The van der Waals surface area contributed by atoms with E-state index in [2.05, 4.69) is 15.4 Å². The molecule has 11 heteroatoms. The lowest BCUT2D eigenvalue weighted by atomic mass is 10.2. The Balaban J connectivity index is 1.52. The van der Waals surface area contributed by atoms with Gasteiger partial charge in [-0.05, 0) is 38.1 Å². The van der Waals surface area contributed by atoms with Gasteiger partial charge in [-0.15, -0.1) is 0 Å². The van der Waals surface area contributed by atoms with Gasteiger partial charge in [0, 0.05) is 18.3 Å². The molecule has 4 rings (SSSR count). The van der Waals surface area contributed by atoms with Gasteiger partial charge in [-0.1, -0.05) is 11.6 Å². The lowest BCUT2D eigenvalue weighted by molar-refractivity contribution is -0.384. The SMILES string of the molecule is Cc1nn(Cc2ccc(C(=O)Nc3cc(Oc4cccnc4)cc([N+](=O)[O-])c3)o2)c(C)c1Cl. The van der Waals surface area contributed by atoms with E-state index in [1.54, 1.807) is 36.0 Å². The van der Waals surface area contributed by atoms with Crippen LogP contribution in [0.25, 0.3) is 0 Å². The number of nitrogens with one attached hydrogen (secondary N) is 1. The number of amides is 1. The van der Waals surface area contributed by atoms with Crippen molar-refractivity contribution in [3.8, 4) is 11.5 Å². The molecule has 0 atom stereocenters. The van der Waals surface area contributed by atoms with Crippen LogP contribution >= 0.6 is 11.6 Å². The second-order valence-electron chi connectivity index (χ2n) is 7.13. The summed E-state index contributed by atoms with van der Waals surface area (Å²) in [4.78, 5) is 27.4. The molecule has 168 valence electrons. The van der Waals surface area contributed by atoms with Gasteiger partial charge in [0.05, 0.1) is 45.8 Å². The molecule has 0 spiro atoms. The van der Waals surface area contributed by atoms with Crippen molar-refractivity contribution in [2.75, 3.05) is 5.32 Å². The monoisotopic (exact) mass is 467 g/mol. The molecule has 33 heavy (non-hydrogen) atoms. The zero-order chi connectivity index (χ0) is 23.5. The molecule has 0 fully saturated rings. The summed E-state index contributed by atoms with van der Waals surface area (Å²) in [6.45, 7) is 3.94. The number of nitrogens with zero attached hydrogens (tertiary/aromatic N) is 4. The maximum atomic E-state index is 12.7. The van der Waals surface area contributed by atoms with Crippen LogP contribution in [0.2, 0.25) is 5.02 Å². The van der Waals surface area contributed by atoms with Gasteiger partial charge in [0.1, 0.15) is 17.3 Å². The Morgan fingerprint density at radius 2 is 2.06 bits per heavy atom. The predicted octanol–water partition coefficient (Wildman–Crippen LogP) is 5.14. The van der Waals surface area contributed by atoms with Crippen LogP contribution in [0.15, 0.2) is 59.3 Å². The highest BCUT2D eigenvalue weighted by molar-refractivity contribution is 6.31. The van der Waals surface area contributed by atoms with Crippen LogP contribution in [0.4, 0.5) is 11.4 Å². The first kappa shape index (κ1) is 22.0. The first-order valence-electron chi connectivity index (χ1n) is 9.77. The molecule has 0 saturated heterocycles. The number of nitro benzene ring substituents is 1. The van der Waals surface area contributed by atoms with Gasteiger partial charge < -0.3 is 14.5 Å². The molecule has 0 radical (unpaired) electrons. The normalized spacial score (nSPS) is 10.8. The number of carbonyl (C=O) groups excluding carboxylic acids is 1. The number of halogens is 1. The van der Waals surface area contributed by atoms with E-state index in [9.17, 15) is 14.9 Å². The quantitative estimate of drug-likeness (QED) is 0.294. The molecule has 3 aromatic heterocycles. The van der Waals surface area contributed by atoms with E-state index in [4.69, 9.17) is 20.8 Å². The first-order chi connectivity index (χ1) is 15.8. The highest BCUT2D eigenvalue weighted by Crippen LogP contribution is 2.30. The fraction of sp³-hybridized carbons (Fsp3) is 0.136. The summed E-state index contributed by atoms with van der Waals surface area (Å²) in [5, 5.41) is 18.9. The fourth-order valence-corrected chi connectivity index (χ4v) is 3.25. The Kier molecular flexibility index (Phi) is 6.09. The molecule has 0 aliphatic heterocycles. The van der Waals surface area contributed by atoms with E-state index in [0.29, 0.717) is 28.8 Å². The van der Waals surface area contributed by atoms with E-state index < -0.39 is 10.8 Å². The number of aryl methyl sites for hydroxylation is 1. The molecule has 0 saturated carbocycles. The number of hydrogen-bond donors (Lipinski definition) is 1. The highest BCUT2D eigenvalue weighted by atomic mass is 35.5. The summed E-state index contributed by atoms with van der Waals surface area (Å²) in [5.74, 6) is 0.547. The number of aromatic nitrogens is 3. The lowest BCUT2D eigenvalue weighted by Crippen LogP contribution is -2.11. The summed E-state index contributed by atoms with van der Waals surface area (Å²) >= 11 is 6.17. The van der Waals surface area contributed by atoms with Crippen LogP contribution in [0.3, 0.4) is 0 Å². The maximum Gasteiger partial charge on any atom is 0.291 e. The molecule has 1 aromatic carbocycles. The molecule has 4 aromatic rings. The third kappa shape index (κ3) is 5.01. The Morgan fingerprint density at radius 1 is 1.24 bits per heavy atom. The van der Waals surface area contributed by atoms with Crippen LogP contribution in [0.1, 0.15) is 27.7 Å². The number of hydrogen-bond acceptors (Lipinski definition) is 7. The van der Waals surface area contributed by atoms with Crippen molar-refractivity contribution in [3.63, 3.8) is 0 Å². The van der Waals surface area contributed by atoms with Crippen molar-refractivity contribution in [3.05, 3.63) is 92.9 Å².